The molecule has 310 valence electrons. The van der Waals surface area contributed by atoms with E-state index in [4.69, 9.17) is 0 Å². The molecule has 11 aromatic rings. The maximum atomic E-state index is 15.1. The average Bonchev–Trinajstić information content (AvgIpc) is 3.29. The van der Waals surface area contributed by atoms with Crippen LogP contribution < -0.4 is 4.74 Å². The first kappa shape index (κ1) is 39.2. The minimum atomic E-state index is -4.85. The molecule has 0 aliphatic heterocycles. The molecule has 0 saturated heterocycles. The predicted octanol–water partition coefficient (Wildman–Crippen LogP) is 17.3. The van der Waals surface area contributed by atoms with Crippen LogP contribution in [0.15, 0.2) is 188 Å². The standard InChI is InChI=1S/C56H31F7O/c57-39-20-25-42-37(27-39)31-50(46-15-6-4-13-44(42)46)54-48-24-19-35(33-9-7-10-38(26-33)55(58,59)60)29-52(48)53(49-30-36-8-1-2-11-41(36)43-12-3-5-14-45(43)49)47-23-18-34(28-51(47)54)32-16-21-40(22-17-32)64-56(61,62)63/h1-31H. The quantitative estimate of drug-likeness (QED) is 0.0952. The van der Waals surface area contributed by atoms with Crippen LogP contribution in [-0.4, -0.2) is 6.36 Å². The maximum absolute atomic E-state index is 15.1. The summed E-state index contributed by atoms with van der Waals surface area (Å²) in [5.74, 6) is -0.742. The van der Waals surface area contributed by atoms with E-state index < -0.39 is 23.9 Å². The van der Waals surface area contributed by atoms with Gasteiger partial charge < -0.3 is 4.74 Å². The summed E-state index contributed by atoms with van der Waals surface area (Å²) < 4.78 is 101. The van der Waals surface area contributed by atoms with Gasteiger partial charge in [0.05, 0.1) is 5.56 Å². The first-order valence-electron chi connectivity index (χ1n) is 20.5. The summed E-state index contributed by atoms with van der Waals surface area (Å²) in [6.45, 7) is 0. The molecule has 0 aliphatic rings. The molecule has 11 rings (SSSR count). The molecule has 0 aliphatic carbocycles. The molecule has 1 nitrogen and oxygen atoms in total. The molecular weight excluding hydrogens is 822 g/mol. The Balaban J connectivity index is 1.31. The van der Waals surface area contributed by atoms with Gasteiger partial charge >= 0.3 is 12.5 Å². The molecule has 0 atom stereocenters. The molecule has 64 heavy (non-hydrogen) atoms. The van der Waals surface area contributed by atoms with E-state index in [0.717, 1.165) is 99.2 Å². The zero-order chi connectivity index (χ0) is 43.9. The fourth-order valence-corrected chi connectivity index (χ4v) is 9.44. The second-order valence-electron chi connectivity index (χ2n) is 15.9. The summed E-state index contributed by atoms with van der Waals surface area (Å²) in [6.07, 6.45) is -9.40. The Bertz CT molecular complexity index is 3680. The second kappa shape index (κ2) is 14.7. The van der Waals surface area contributed by atoms with Crippen LogP contribution in [0.3, 0.4) is 0 Å². The van der Waals surface area contributed by atoms with Crippen molar-refractivity contribution in [1.29, 1.82) is 0 Å². The third-order valence-electron chi connectivity index (χ3n) is 12.2. The van der Waals surface area contributed by atoms with Crippen LogP contribution in [0, 0.1) is 5.82 Å². The topological polar surface area (TPSA) is 9.23 Å². The van der Waals surface area contributed by atoms with Crippen LogP contribution in [-0.2, 0) is 6.18 Å². The number of ether oxygens (including phenoxy) is 1. The molecule has 8 heteroatoms. The van der Waals surface area contributed by atoms with Gasteiger partial charge in [0.15, 0.2) is 0 Å². The Kier molecular flexibility index (Phi) is 8.99. The number of hydrogen-bond donors (Lipinski definition) is 0. The molecule has 11 aromatic carbocycles. The summed E-state index contributed by atoms with van der Waals surface area (Å²) in [5.41, 5.74) is 4.94. The highest BCUT2D eigenvalue weighted by molar-refractivity contribution is 6.29. The van der Waals surface area contributed by atoms with Crippen molar-refractivity contribution in [3.63, 3.8) is 0 Å². The minimum absolute atomic E-state index is 0.347. The van der Waals surface area contributed by atoms with Crippen LogP contribution in [0.25, 0.3) is 109 Å². The zero-order valence-electron chi connectivity index (χ0n) is 33.5. The Hall–Kier alpha value is -7.71. The van der Waals surface area contributed by atoms with Crippen molar-refractivity contribution in [3.8, 4) is 50.3 Å². The number of hydrogen-bond acceptors (Lipinski definition) is 1. The normalized spacial score (nSPS) is 12.3. The third-order valence-corrected chi connectivity index (χ3v) is 12.2. The lowest BCUT2D eigenvalue weighted by atomic mass is 9.81. The first-order chi connectivity index (χ1) is 30.9. The average molecular weight is 853 g/mol. The van der Waals surface area contributed by atoms with Gasteiger partial charge in [-0.3, -0.25) is 0 Å². The van der Waals surface area contributed by atoms with Crippen molar-refractivity contribution in [2.45, 2.75) is 12.5 Å². The van der Waals surface area contributed by atoms with E-state index in [1.165, 1.54) is 30.3 Å². The molecule has 0 heterocycles. The summed E-state index contributed by atoms with van der Waals surface area (Å²) in [5, 5.41) is 10.6. The van der Waals surface area contributed by atoms with Gasteiger partial charge in [-0.25, -0.2) is 4.39 Å². The number of alkyl halides is 6. The van der Waals surface area contributed by atoms with Gasteiger partial charge in [0, 0.05) is 0 Å². The van der Waals surface area contributed by atoms with Crippen molar-refractivity contribution in [2.24, 2.45) is 0 Å². The van der Waals surface area contributed by atoms with E-state index in [2.05, 4.69) is 35.1 Å². The van der Waals surface area contributed by atoms with E-state index in [0.29, 0.717) is 22.1 Å². The Morgan fingerprint density at radius 1 is 0.328 bits per heavy atom. The summed E-state index contributed by atoms with van der Waals surface area (Å²) in [6, 6.07) is 55.8. The fourth-order valence-electron chi connectivity index (χ4n) is 9.44. The SMILES string of the molecule is Fc1ccc2c(c1)cc(-c1c3ccc(-c4cccc(C(F)(F)F)c4)cc3c(-c3cc4ccccc4c4ccccc34)c3ccc(-c4ccc(OC(F)(F)F)cc4)cc13)c1ccccc12. The summed E-state index contributed by atoms with van der Waals surface area (Å²) in [7, 11) is 0. The van der Waals surface area contributed by atoms with Crippen LogP contribution in [0.2, 0.25) is 0 Å². The van der Waals surface area contributed by atoms with Crippen LogP contribution in [0.4, 0.5) is 30.7 Å². The highest BCUT2D eigenvalue weighted by Gasteiger charge is 2.32. The van der Waals surface area contributed by atoms with Crippen molar-refractivity contribution in [1.82, 2.24) is 0 Å². The van der Waals surface area contributed by atoms with Crippen LogP contribution >= 0.6 is 0 Å². The van der Waals surface area contributed by atoms with Gasteiger partial charge in [-0.1, -0.05) is 127 Å². The van der Waals surface area contributed by atoms with Gasteiger partial charge in [-0.05, 0) is 170 Å². The summed E-state index contributed by atoms with van der Waals surface area (Å²) >= 11 is 0. The van der Waals surface area contributed by atoms with Gasteiger partial charge in [0.25, 0.3) is 0 Å². The molecule has 0 amide bonds. The second-order valence-corrected chi connectivity index (χ2v) is 15.9. The van der Waals surface area contributed by atoms with E-state index in [1.807, 2.05) is 91.0 Å². The molecule has 0 unspecified atom stereocenters. The smallest absolute Gasteiger partial charge is 0.406 e. The van der Waals surface area contributed by atoms with Crippen molar-refractivity contribution >= 4 is 64.6 Å². The lowest BCUT2D eigenvalue weighted by Crippen LogP contribution is -2.16. The van der Waals surface area contributed by atoms with Gasteiger partial charge in [-0.15, -0.1) is 13.2 Å². The largest absolute Gasteiger partial charge is 0.573 e. The maximum Gasteiger partial charge on any atom is 0.573 e. The monoisotopic (exact) mass is 852 g/mol. The highest BCUT2D eigenvalue weighted by atomic mass is 19.4. The molecule has 0 fully saturated rings. The Morgan fingerprint density at radius 2 is 0.812 bits per heavy atom. The predicted molar refractivity (Wildman–Crippen MR) is 245 cm³/mol. The first-order valence-corrected chi connectivity index (χ1v) is 20.5. The lowest BCUT2D eigenvalue weighted by molar-refractivity contribution is -0.274. The lowest BCUT2D eigenvalue weighted by Gasteiger charge is -2.22. The Labute approximate surface area is 361 Å². The summed E-state index contributed by atoms with van der Waals surface area (Å²) in [4.78, 5) is 0. The highest BCUT2D eigenvalue weighted by Crippen LogP contribution is 2.50. The van der Waals surface area contributed by atoms with Gasteiger partial charge in [0.1, 0.15) is 11.6 Å². The molecule has 0 aromatic heterocycles. The van der Waals surface area contributed by atoms with E-state index in [1.54, 1.807) is 24.3 Å². The molecular formula is C56H31F7O. The van der Waals surface area contributed by atoms with Crippen LogP contribution in [0.1, 0.15) is 5.56 Å². The van der Waals surface area contributed by atoms with Crippen molar-refractivity contribution < 1.29 is 35.5 Å². The molecule has 0 saturated carbocycles. The third kappa shape index (κ3) is 6.74. The molecule has 0 N–H and O–H groups in total. The molecule has 0 spiro atoms. The van der Waals surface area contributed by atoms with E-state index in [-0.39, 0.29) is 5.75 Å². The minimum Gasteiger partial charge on any atom is -0.406 e. The number of benzene rings is 11. The number of rotatable bonds is 5. The van der Waals surface area contributed by atoms with E-state index >= 15 is 4.39 Å². The fraction of sp³-hybridized carbons (Fsp3) is 0.0357. The van der Waals surface area contributed by atoms with Crippen LogP contribution in [0.5, 0.6) is 5.75 Å². The molecule has 0 bridgehead atoms. The number of halogens is 7. The van der Waals surface area contributed by atoms with Gasteiger partial charge in [0.2, 0.25) is 0 Å². The number of fused-ring (bicyclic) bond motifs is 8. The molecule has 0 radical (unpaired) electrons. The zero-order valence-corrected chi connectivity index (χ0v) is 33.5. The van der Waals surface area contributed by atoms with Crippen molar-refractivity contribution in [2.75, 3.05) is 0 Å². The van der Waals surface area contributed by atoms with Crippen molar-refractivity contribution in [3.05, 3.63) is 199 Å². The van der Waals surface area contributed by atoms with E-state index in [9.17, 15) is 26.3 Å². The van der Waals surface area contributed by atoms with Gasteiger partial charge in [-0.2, -0.15) is 13.2 Å². The Morgan fingerprint density at radius 3 is 1.41 bits per heavy atom.